The zero-order valence-corrected chi connectivity index (χ0v) is 16.6. The topological polar surface area (TPSA) is 89.1 Å². The molecule has 1 N–H and O–H groups in total. The number of rotatable bonds is 3. The minimum absolute atomic E-state index is 0.351. The smallest absolute Gasteiger partial charge is 0.327 e. The monoisotopic (exact) mass is 426 g/mol. The summed E-state index contributed by atoms with van der Waals surface area (Å²) in [6.45, 7) is 5.76. The summed E-state index contributed by atoms with van der Waals surface area (Å²) < 4.78 is 20.2. The SMILES string of the molecule is C=C1CC2=C[C@](c3nnc(C)o3)(C1)N2C(=O)Nc1ccc(Cl)c(-n2ccc(F)n2)c1. The van der Waals surface area contributed by atoms with Crippen LogP contribution in [0.15, 0.2) is 58.8 Å². The van der Waals surface area contributed by atoms with Crippen LogP contribution < -0.4 is 5.32 Å². The van der Waals surface area contributed by atoms with E-state index in [4.69, 9.17) is 16.0 Å². The number of aromatic nitrogens is 4. The second kappa shape index (κ2) is 6.53. The molecule has 3 aromatic rings. The second-order valence-corrected chi connectivity index (χ2v) is 7.71. The number of hydrogen-bond donors (Lipinski definition) is 1. The average molecular weight is 427 g/mol. The summed E-state index contributed by atoms with van der Waals surface area (Å²) in [5.74, 6) is 0.146. The number of hydrogen-bond acceptors (Lipinski definition) is 5. The van der Waals surface area contributed by atoms with E-state index in [0.29, 0.717) is 41.0 Å². The number of amides is 2. The van der Waals surface area contributed by atoms with Crippen LogP contribution in [0.5, 0.6) is 0 Å². The molecule has 6 rings (SSSR count). The average Bonchev–Trinajstić information content (AvgIpc) is 3.31. The van der Waals surface area contributed by atoms with Crippen molar-refractivity contribution in [3.05, 3.63) is 77.1 Å². The Bertz CT molecular complexity index is 1230. The van der Waals surface area contributed by atoms with E-state index in [1.807, 2.05) is 6.08 Å². The quantitative estimate of drug-likeness (QED) is 0.629. The first-order valence-corrected chi connectivity index (χ1v) is 9.55. The van der Waals surface area contributed by atoms with E-state index in [0.717, 1.165) is 11.3 Å². The summed E-state index contributed by atoms with van der Waals surface area (Å²) in [4.78, 5) is 14.8. The molecule has 3 aliphatic rings. The van der Waals surface area contributed by atoms with Gasteiger partial charge in [-0.3, -0.25) is 4.90 Å². The lowest BCUT2D eigenvalue weighted by atomic mass is 9.74. The third kappa shape index (κ3) is 2.81. The van der Waals surface area contributed by atoms with Gasteiger partial charge in [0.05, 0.1) is 10.7 Å². The van der Waals surface area contributed by atoms with E-state index in [9.17, 15) is 9.18 Å². The Morgan fingerprint density at radius 2 is 2.20 bits per heavy atom. The van der Waals surface area contributed by atoms with E-state index in [1.165, 1.54) is 16.9 Å². The second-order valence-electron chi connectivity index (χ2n) is 7.30. The van der Waals surface area contributed by atoms with Crippen molar-refractivity contribution in [1.29, 1.82) is 0 Å². The minimum Gasteiger partial charge on any atom is -0.423 e. The molecular formula is C20H16ClFN6O2. The zero-order chi connectivity index (χ0) is 21.0. The summed E-state index contributed by atoms with van der Waals surface area (Å²) in [7, 11) is 0. The first kappa shape index (κ1) is 18.6. The Labute approximate surface area is 175 Å². The Balaban J connectivity index is 1.45. The molecule has 10 heteroatoms. The molecule has 8 nitrogen and oxygen atoms in total. The summed E-state index contributed by atoms with van der Waals surface area (Å²) in [6, 6.07) is 5.77. The lowest BCUT2D eigenvalue weighted by molar-refractivity contribution is 0.108. The number of nitrogens with one attached hydrogen (secondary N) is 1. The molecule has 2 aliphatic heterocycles. The molecular weight excluding hydrogens is 411 g/mol. The Hall–Kier alpha value is -3.46. The van der Waals surface area contributed by atoms with Crippen molar-refractivity contribution >= 4 is 23.3 Å². The van der Waals surface area contributed by atoms with Gasteiger partial charge in [-0.25, -0.2) is 9.48 Å². The lowest BCUT2D eigenvalue weighted by Crippen LogP contribution is -2.58. The van der Waals surface area contributed by atoms with Gasteiger partial charge in [-0.05, 0) is 24.3 Å². The van der Waals surface area contributed by atoms with Gasteiger partial charge in [0.1, 0.15) is 0 Å². The van der Waals surface area contributed by atoms with Gasteiger partial charge in [-0.1, -0.05) is 23.8 Å². The van der Waals surface area contributed by atoms with Crippen LogP contribution >= 0.6 is 11.6 Å². The fraction of sp³-hybridized carbons (Fsp3) is 0.200. The summed E-state index contributed by atoms with van der Waals surface area (Å²) in [5.41, 5.74) is 1.90. The number of piperidine rings is 1. The highest BCUT2D eigenvalue weighted by molar-refractivity contribution is 6.32. The van der Waals surface area contributed by atoms with E-state index in [2.05, 4.69) is 27.2 Å². The fourth-order valence-corrected chi connectivity index (χ4v) is 4.16. The highest BCUT2D eigenvalue weighted by Gasteiger charge is 2.56. The molecule has 0 radical (unpaired) electrons. The predicted molar refractivity (Wildman–Crippen MR) is 107 cm³/mol. The van der Waals surface area contributed by atoms with Gasteiger partial charge in [0, 0.05) is 43.4 Å². The molecule has 1 fully saturated rings. The number of anilines is 1. The van der Waals surface area contributed by atoms with Crippen LogP contribution in [-0.2, 0) is 5.54 Å². The standard InChI is InChI=1S/C20H16ClFN6O2/c1-11-7-14-10-20(9-11,18-25-24-12(2)30-18)28(14)19(29)23-13-3-4-15(21)16(8-13)27-6-5-17(22)26-27/h3-6,8,10H,1,7,9H2,2H3,(H,23,29)/t20-/m0/s1. The predicted octanol–water partition coefficient (Wildman–Crippen LogP) is 4.33. The largest absolute Gasteiger partial charge is 0.423 e. The van der Waals surface area contributed by atoms with Crippen molar-refractivity contribution in [2.45, 2.75) is 25.3 Å². The van der Waals surface area contributed by atoms with Gasteiger partial charge in [-0.15, -0.1) is 15.3 Å². The van der Waals surface area contributed by atoms with Crippen LogP contribution in [-0.4, -0.2) is 30.9 Å². The number of halogens is 2. The number of allylic oxidation sites excluding steroid dienone is 1. The molecule has 0 spiro atoms. The normalized spacial score (nSPS) is 20.0. The summed E-state index contributed by atoms with van der Waals surface area (Å²) in [5, 5.41) is 15.0. The highest BCUT2D eigenvalue weighted by atomic mass is 35.5. The fourth-order valence-electron chi connectivity index (χ4n) is 3.95. The number of aryl methyl sites for hydroxylation is 1. The van der Waals surface area contributed by atoms with Gasteiger partial charge in [-0.2, -0.15) is 4.39 Å². The molecule has 1 aromatic carbocycles. The van der Waals surface area contributed by atoms with Crippen LogP contribution in [0.2, 0.25) is 5.02 Å². The van der Waals surface area contributed by atoms with Crippen molar-refractivity contribution in [2.24, 2.45) is 0 Å². The summed E-state index contributed by atoms with van der Waals surface area (Å²) in [6.07, 6.45) is 4.52. The number of carbonyl (C=O) groups excluding carboxylic acids is 1. The first-order valence-electron chi connectivity index (χ1n) is 9.17. The molecule has 1 aliphatic carbocycles. The Morgan fingerprint density at radius 1 is 1.37 bits per heavy atom. The van der Waals surface area contributed by atoms with E-state index >= 15 is 0 Å². The van der Waals surface area contributed by atoms with Crippen LogP contribution in [0.1, 0.15) is 24.6 Å². The van der Waals surface area contributed by atoms with E-state index < -0.39 is 11.5 Å². The molecule has 0 saturated carbocycles. The number of carbonyl (C=O) groups is 1. The molecule has 1 atom stereocenters. The van der Waals surface area contributed by atoms with E-state index in [1.54, 1.807) is 30.0 Å². The molecule has 4 heterocycles. The van der Waals surface area contributed by atoms with Gasteiger partial charge < -0.3 is 9.73 Å². The van der Waals surface area contributed by atoms with Crippen molar-refractivity contribution in [2.75, 3.05) is 5.32 Å². The van der Waals surface area contributed by atoms with Gasteiger partial charge >= 0.3 is 6.03 Å². The van der Waals surface area contributed by atoms with Gasteiger partial charge in [0.2, 0.25) is 17.7 Å². The van der Waals surface area contributed by atoms with Crippen LogP contribution in [0.4, 0.5) is 14.9 Å². The maximum Gasteiger partial charge on any atom is 0.327 e. The number of nitrogens with zero attached hydrogens (tertiary/aromatic N) is 5. The van der Waals surface area contributed by atoms with Crippen molar-refractivity contribution in [3.8, 4) is 5.69 Å². The molecule has 0 unspecified atom stereocenters. The highest BCUT2D eigenvalue weighted by Crippen LogP contribution is 2.52. The third-order valence-electron chi connectivity index (χ3n) is 5.14. The number of urea groups is 1. The molecule has 2 aromatic heterocycles. The molecule has 1 saturated heterocycles. The van der Waals surface area contributed by atoms with Crippen LogP contribution in [0.25, 0.3) is 5.69 Å². The Morgan fingerprint density at radius 3 is 2.90 bits per heavy atom. The van der Waals surface area contributed by atoms with Crippen LogP contribution in [0, 0.1) is 12.9 Å². The van der Waals surface area contributed by atoms with Crippen molar-refractivity contribution < 1.29 is 13.6 Å². The first-order chi connectivity index (χ1) is 14.4. The van der Waals surface area contributed by atoms with Gasteiger partial charge in [0.25, 0.3) is 0 Å². The summed E-state index contributed by atoms with van der Waals surface area (Å²) >= 11 is 6.22. The van der Waals surface area contributed by atoms with Crippen molar-refractivity contribution in [3.63, 3.8) is 0 Å². The number of fused-ring (bicyclic) bond motifs is 2. The van der Waals surface area contributed by atoms with E-state index in [-0.39, 0.29) is 6.03 Å². The maximum absolute atomic E-state index is 13.3. The molecule has 152 valence electrons. The lowest BCUT2D eigenvalue weighted by Gasteiger charge is -2.52. The minimum atomic E-state index is -0.837. The number of benzene rings is 1. The zero-order valence-electron chi connectivity index (χ0n) is 15.9. The Kier molecular flexibility index (Phi) is 4.04. The van der Waals surface area contributed by atoms with Gasteiger partial charge in [0.15, 0.2) is 5.54 Å². The van der Waals surface area contributed by atoms with Crippen molar-refractivity contribution in [1.82, 2.24) is 24.9 Å². The molecule has 30 heavy (non-hydrogen) atoms. The maximum atomic E-state index is 13.3. The van der Waals surface area contributed by atoms with Crippen LogP contribution in [0.3, 0.4) is 0 Å². The molecule has 2 bridgehead atoms. The molecule has 2 amide bonds. The third-order valence-corrected chi connectivity index (χ3v) is 5.46.